The topological polar surface area (TPSA) is 90.5 Å². The van der Waals surface area contributed by atoms with Gasteiger partial charge in [-0.1, -0.05) is 30.2 Å². The van der Waals surface area contributed by atoms with E-state index in [1.807, 2.05) is 4.90 Å². The van der Waals surface area contributed by atoms with Crippen LogP contribution in [-0.2, 0) is 17.5 Å². The van der Waals surface area contributed by atoms with E-state index in [0.29, 0.717) is 28.7 Å². The molecule has 0 radical (unpaired) electrons. The summed E-state index contributed by atoms with van der Waals surface area (Å²) in [5.74, 6) is 5.06. The lowest BCUT2D eigenvalue weighted by molar-refractivity contribution is -0.138. The molecule has 1 fully saturated rings. The SMILES string of the molecule is CCN1CCN(Cc2ccc(C(=O)Nc3cc(C#Cc4cnc(NC(C)=O)s4)ccn3)cc2C(F)(F)F)CC1. The van der Waals surface area contributed by atoms with Gasteiger partial charge in [0.05, 0.1) is 16.6 Å². The number of hydrogen-bond acceptors (Lipinski definition) is 7. The minimum absolute atomic E-state index is 0.115. The third-order valence-electron chi connectivity index (χ3n) is 6.10. The average molecular weight is 557 g/mol. The number of pyridine rings is 1. The number of amides is 2. The smallest absolute Gasteiger partial charge is 0.307 e. The third kappa shape index (κ3) is 7.86. The second-order valence-corrected chi connectivity index (χ2v) is 9.96. The van der Waals surface area contributed by atoms with Gasteiger partial charge in [0, 0.05) is 57.0 Å². The van der Waals surface area contributed by atoms with E-state index in [-0.39, 0.29) is 29.4 Å². The van der Waals surface area contributed by atoms with Gasteiger partial charge in [-0.3, -0.25) is 14.5 Å². The molecule has 0 aliphatic carbocycles. The first-order valence-electron chi connectivity index (χ1n) is 12.3. The summed E-state index contributed by atoms with van der Waals surface area (Å²) in [5.41, 5.74) is -0.257. The predicted octanol–water partition coefficient (Wildman–Crippen LogP) is 4.30. The number of nitrogens with zero attached hydrogens (tertiary/aromatic N) is 4. The van der Waals surface area contributed by atoms with Crippen LogP contribution >= 0.6 is 11.3 Å². The standard InChI is InChI=1S/C27H27F3N6O2S/c1-3-35-10-12-36(13-11-35)17-21-6-5-20(15-23(21)27(28,29)30)25(38)34-24-14-19(8-9-31-24)4-7-22-16-32-26(39-22)33-18(2)37/h5-6,8-9,14-16H,3,10-13,17H2,1-2H3,(H,31,34,38)(H,32,33,37). The molecule has 2 aromatic heterocycles. The molecule has 204 valence electrons. The Morgan fingerprint density at radius 3 is 2.46 bits per heavy atom. The second-order valence-electron chi connectivity index (χ2n) is 8.92. The van der Waals surface area contributed by atoms with Gasteiger partial charge in [-0.2, -0.15) is 13.2 Å². The zero-order valence-corrected chi connectivity index (χ0v) is 22.2. The summed E-state index contributed by atoms with van der Waals surface area (Å²) in [4.78, 5) is 37.0. The average Bonchev–Trinajstić information content (AvgIpc) is 3.34. The number of aromatic nitrogens is 2. The van der Waals surface area contributed by atoms with Crippen molar-refractivity contribution in [1.29, 1.82) is 0 Å². The van der Waals surface area contributed by atoms with Crippen molar-refractivity contribution in [2.24, 2.45) is 0 Å². The Hall–Kier alpha value is -3.79. The number of rotatable bonds is 6. The van der Waals surface area contributed by atoms with E-state index in [0.717, 1.165) is 25.7 Å². The molecule has 4 rings (SSSR count). The highest BCUT2D eigenvalue weighted by Gasteiger charge is 2.34. The maximum atomic E-state index is 13.9. The number of anilines is 2. The molecular weight excluding hydrogens is 529 g/mol. The molecule has 1 aliphatic heterocycles. The van der Waals surface area contributed by atoms with Crippen LogP contribution in [0.1, 0.15) is 45.8 Å². The summed E-state index contributed by atoms with van der Waals surface area (Å²) in [6.07, 6.45) is -1.63. The van der Waals surface area contributed by atoms with E-state index < -0.39 is 17.6 Å². The van der Waals surface area contributed by atoms with E-state index in [2.05, 4.69) is 44.3 Å². The van der Waals surface area contributed by atoms with Crippen LogP contribution in [0.25, 0.3) is 0 Å². The number of hydrogen-bond donors (Lipinski definition) is 2. The Kier molecular flexibility index (Phi) is 8.96. The number of halogens is 3. The largest absolute Gasteiger partial charge is 0.416 e. The van der Waals surface area contributed by atoms with Crippen molar-refractivity contribution in [3.05, 3.63) is 69.9 Å². The monoisotopic (exact) mass is 556 g/mol. The number of likely N-dealkylation sites (N-methyl/N-ethyl adjacent to an activating group) is 1. The van der Waals surface area contributed by atoms with Crippen LogP contribution in [0.5, 0.6) is 0 Å². The lowest BCUT2D eigenvalue weighted by Crippen LogP contribution is -2.45. The Labute approximate surface area is 228 Å². The van der Waals surface area contributed by atoms with E-state index in [4.69, 9.17) is 0 Å². The highest BCUT2D eigenvalue weighted by Crippen LogP contribution is 2.33. The molecule has 1 saturated heterocycles. The Morgan fingerprint density at radius 1 is 1.03 bits per heavy atom. The lowest BCUT2D eigenvalue weighted by Gasteiger charge is -2.34. The fraction of sp³-hybridized carbons (Fsp3) is 0.333. The van der Waals surface area contributed by atoms with Gasteiger partial charge in [0.15, 0.2) is 5.13 Å². The molecule has 39 heavy (non-hydrogen) atoms. The fourth-order valence-electron chi connectivity index (χ4n) is 4.06. The van der Waals surface area contributed by atoms with Crippen molar-refractivity contribution >= 4 is 34.1 Å². The first kappa shape index (κ1) is 28.2. The minimum Gasteiger partial charge on any atom is -0.307 e. The molecule has 3 aromatic rings. The highest BCUT2D eigenvalue weighted by atomic mass is 32.1. The Bertz CT molecular complexity index is 1400. The zero-order valence-electron chi connectivity index (χ0n) is 21.4. The molecule has 0 spiro atoms. The van der Waals surface area contributed by atoms with Crippen molar-refractivity contribution in [2.75, 3.05) is 43.4 Å². The first-order valence-corrected chi connectivity index (χ1v) is 13.1. The van der Waals surface area contributed by atoms with Gasteiger partial charge in [-0.25, -0.2) is 9.97 Å². The Morgan fingerprint density at radius 2 is 1.77 bits per heavy atom. The number of benzene rings is 1. The van der Waals surface area contributed by atoms with Crippen molar-refractivity contribution in [2.45, 2.75) is 26.6 Å². The molecule has 3 heterocycles. The molecule has 0 saturated carbocycles. The Balaban J connectivity index is 1.46. The van der Waals surface area contributed by atoms with Crippen molar-refractivity contribution < 1.29 is 22.8 Å². The number of carbonyl (C=O) groups is 2. The number of carbonyl (C=O) groups excluding carboxylic acids is 2. The molecular formula is C27H27F3N6O2S. The third-order valence-corrected chi connectivity index (χ3v) is 6.93. The van der Waals surface area contributed by atoms with E-state index in [1.54, 1.807) is 6.07 Å². The van der Waals surface area contributed by atoms with Crippen LogP contribution in [0.15, 0.2) is 42.7 Å². The van der Waals surface area contributed by atoms with Gasteiger partial charge < -0.3 is 15.5 Å². The molecule has 0 atom stereocenters. The van der Waals surface area contributed by atoms with Gasteiger partial charge in [0.25, 0.3) is 5.91 Å². The number of alkyl halides is 3. The summed E-state index contributed by atoms with van der Waals surface area (Å²) in [5, 5.41) is 5.56. The quantitative estimate of drug-likeness (QED) is 0.440. The molecule has 8 nitrogen and oxygen atoms in total. The second kappa shape index (κ2) is 12.4. The molecule has 0 unspecified atom stereocenters. The normalized spacial score (nSPS) is 14.4. The molecule has 0 bridgehead atoms. The zero-order chi connectivity index (χ0) is 28.0. The van der Waals surface area contributed by atoms with Crippen LogP contribution in [0.2, 0.25) is 0 Å². The van der Waals surface area contributed by atoms with Crippen molar-refractivity contribution in [3.63, 3.8) is 0 Å². The van der Waals surface area contributed by atoms with Crippen molar-refractivity contribution in [1.82, 2.24) is 19.8 Å². The van der Waals surface area contributed by atoms with Crippen LogP contribution < -0.4 is 10.6 Å². The summed E-state index contributed by atoms with van der Waals surface area (Å²) in [6.45, 7) is 7.55. The van der Waals surface area contributed by atoms with E-state index in [1.165, 1.54) is 48.9 Å². The highest BCUT2D eigenvalue weighted by molar-refractivity contribution is 7.16. The van der Waals surface area contributed by atoms with Gasteiger partial charge in [-0.15, -0.1) is 0 Å². The van der Waals surface area contributed by atoms with Crippen LogP contribution in [0, 0.1) is 11.8 Å². The van der Waals surface area contributed by atoms with Crippen LogP contribution in [0.4, 0.5) is 24.1 Å². The molecule has 2 amide bonds. The fourth-order valence-corrected chi connectivity index (χ4v) is 4.78. The van der Waals surface area contributed by atoms with E-state index >= 15 is 0 Å². The summed E-state index contributed by atoms with van der Waals surface area (Å²) in [7, 11) is 0. The van der Waals surface area contributed by atoms with Crippen LogP contribution in [0.3, 0.4) is 0 Å². The maximum absolute atomic E-state index is 13.9. The lowest BCUT2D eigenvalue weighted by atomic mass is 10.0. The summed E-state index contributed by atoms with van der Waals surface area (Å²) in [6, 6.07) is 6.84. The van der Waals surface area contributed by atoms with Gasteiger partial charge in [-0.05, 0) is 42.3 Å². The van der Waals surface area contributed by atoms with Gasteiger partial charge in [0.2, 0.25) is 5.91 Å². The van der Waals surface area contributed by atoms with E-state index in [9.17, 15) is 22.8 Å². The molecule has 2 N–H and O–H groups in total. The number of thiazole rings is 1. The number of piperazine rings is 1. The minimum atomic E-state index is -4.60. The summed E-state index contributed by atoms with van der Waals surface area (Å²) >= 11 is 1.21. The first-order chi connectivity index (χ1) is 18.6. The molecule has 12 heteroatoms. The maximum Gasteiger partial charge on any atom is 0.416 e. The predicted molar refractivity (Wildman–Crippen MR) is 143 cm³/mol. The summed E-state index contributed by atoms with van der Waals surface area (Å²) < 4.78 is 41.8. The molecule has 1 aliphatic rings. The van der Waals surface area contributed by atoms with Crippen LogP contribution in [-0.4, -0.2) is 64.3 Å². The molecule has 1 aromatic carbocycles. The van der Waals surface area contributed by atoms with Crippen molar-refractivity contribution in [3.8, 4) is 11.8 Å². The van der Waals surface area contributed by atoms with Gasteiger partial charge >= 0.3 is 6.18 Å². The number of nitrogens with one attached hydrogen (secondary N) is 2. The van der Waals surface area contributed by atoms with Gasteiger partial charge in [0.1, 0.15) is 5.82 Å².